The molecule has 3 atom stereocenters. The zero-order valence-electron chi connectivity index (χ0n) is 15.9. The van der Waals surface area contributed by atoms with Crippen molar-refractivity contribution in [3.05, 3.63) is 52.8 Å². The van der Waals surface area contributed by atoms with Crippen LogP contribution in [0.15, 0.2) is 24.3 Å². The quantitative estimate of drug-likeness (QED) is 0.652. The lowest BCUT2D eigenvalue weighted by Gasteiger charge is -2.31. The van der Waals surface area contributed by atoms with Crippen molar-refractivity contribution < 1.29 is 27.4 Å². The van der Waals surface area contributed by atoms with Gasteiger partial charge in [-0.1, -0.05) is 12.1 Å². The van der Waals surface area contributed by atoms with Crippen LogP contribution < -0.4 is 14.2 Å². The summed E-state index contributed by atoms with van der Waals surface area (Å²) in [4.78, 5) is 0. The molecule has 1 saturated carbocycles. The largest absolute Gasteiger partial charge is 0.491 e. The Hall–Kier alpha value is -2.37. The second-order valence-electron chi connectivity index (χ2n) is 7.22. The topological polar surface area (TPSA) is 27.7 Å². The van der Waals surface area contributed by atoms with Crippen LogP contribution in [0.3, 0.4) is 0 Å². The van der Waals surface area contributed by atoms with Crippen LogP contribution in [0.25, 0.3) is 0 Å². The number of fused-ring (bicyclic) bond motifs is 3. The van der Waals surface area contributed by atoms with E-state index in [1.807, 2.05) is 6.07 Å². The smallest absolute Gasteiger partial charge is 0.207 e. The minimum Gasteiger partial charge on any atom is -0.491 e. The first-order valence-electron chi connectivity index (χ1n) is 9.77. The second-order valence-corrected chi connectivity index (χ2v) is 7.22. The number of ether oxygens (including phenoxy) is 3. The van der Waals surface area contributed by atoms with Crippen molar-refractivity contribution in [3.8, 4) is 17.2 Å². The fraction of sp³-hybridized carbons (Fsp3) is 0.455. The Morgan fingerprint density at radius 1 is 0.857 bits per heavy atom. The molecule has 0 bridgehead atoms. The Morgan fingerprint density at radius 3 is 2.18 bits per heavy atom. The summed E-state index contributed by atoms with van der Waals surface area (Å²) < 4.78 is 59.9. The van der Waals surface area contributed by atoms with Crippen molar-refractivity contribution in [3.63, 3.8) is 0 Å². The molecule has 150 valence electrons. The van der Waals surface area contributed by atoms with Crippen molar-refractivity contribution in [1.29, 1.82) is 0 Å². The highest BCUT2D eigenvalue weighted by atomic mass is 19.2. The van der Waals surface area contributed by atoms with Gasteiger partial charge in [0.15, 0.2) is 23.1 Å². The highest BCUT2D eigenvalue weighted by molar-refractivity contribution is 5.48. The minimum absolute atomic E-state index is 0.0621. The number of rotatable bonds is 5. The predicted octanol–water partition coefficient (Wildman–Crippen LogP) is 5.71. The Kier molecular flexibility index (Phi) is 5.13. The van der Waals surface area contributed by atoms with Gasteiger partial charge in [-0.15, -0.1) is 0 Å². The van der Waals surface area contributed by atoms with E-state index in [9.17, 15) is 13.2 Å². The van der Waals surface area contributed by atoms with Crippen molar-refractivity contribution in [2.24, 2.45) is 0 Å². The molecular formula is C22H23F3O3. The first kappa shape index (κ1) is 19.0. The normalized spacial score (nSPS) is 23.0. The molecule has 0 amide bonds. The summed E-state index contributed by atoms with van der Waals surface area (Å²) in [5.41, 5.74) is 1.16. The van der Waals surface area contributed by atoms with Gasteiger partial charge in [0.25, 0.3) is 0 Å². The summed E-state index contributed by atoms with van der Waals surface area (Å²) in [5, 5.41) is 0. The molecule has 0 radical (unpaired) electrons. The maximum atomic E-state index is 14.7. The molecule has 0 aromatic heterocycles. The van der Waals surface area contributed by atoms with Gasteiger partial charge >= 0.3 is 0 Å². The van der Waals surface area contributed by atoms with Crippen LogP contribution in [0.4, 0.5) is 13.2 Å². The molecule has 1 fully saturated rings. The van der Waals surface area contributed by atoms with Gasteiger partial charge in [-0.25, -0.2) is 4.39 Å². The minimum atomic E-state index is -0.954. The number of hydrogen-bond donors (Lipinski definition) is 0. The zero-order chi connectivity index (χ0) is 19.8. The molecule has 2 aromatic rings. The van der Waals surface area contributed by atoms with Crippen molar-refractivity contribution in [2.45, 2.75) is 51.0 Å². The summed E-state index contributed by atoms with van der Waals surface area (Å²) >= 11 is 0. The van der Waals surface area contributed by atoms with Crippen LogP contribution >= 0.6 is 0 Å². The van der Waals surface area contributed by atoms with E-state index in [0.717, 1.165) is 12.0 Å². The van der Waals surface area contributed by atoms with Gasteiger partial charge in [0.2, 0.25) is 11.6 Å². The van der Waals surface area contributed by atoms with E-state index >= 15 is 0 Å². The molecule has 4 rings (SSSR count). The van der Waals surface area contributed by atoms with Gasteiger partial charge in [0.05, 0.1) is 13.2 Å². The maximum absolute atomic E-state index is 14.7. The standard InChI is InChI=1S/C22H23F3O3/c1-3-26-16-9-7-13(19(23)20(16)24)12-5-6-14-15-8-10-17(27-4-2)21(25)22(15)28-18(14)11-12/h7-10,12,14,18H,3-6,11H2,1-2H3. The molecule has 28 heavy (non-hydrogen) atoms. The summed E-state index contributed by atoms with van der Waals surface area (Å²) in [5.74, 6) is -2.09. The van der Waals surface area contributed by atoms with Gasteiger partial charge in [0, 0.05) is 11.5 Å². The number of hydrogen-bond acceptors (Lipinski definition) is 3. The highest BCUT2D eigenvalue weighted by Crippen LogP contribution is 2.51. The molecule has 2 aromatic carbocycles. The van der Waals surface area contributed by atoms with Gasteiger partial charge in [-0.2, -0.15) is 8.78 Å². The Labute approximate surface area is 162 Å². The molecule has 0 saturated heterocycles. The predicted molar refractivity (Wildman–Crippen MR) is 98.8 cm³/mol. The molecule has 2 aliphatic rings. The van der Waals surface area contributed by atoms with E-state index in [4.69, 9.17) is 14.2 Å². The first-order valence-corrected chi connectivity index (χ1v) is 9.77. The SMILES string of the molecule is CCOc1ccc(C2CCC3c4ccc(OCC)c(F)c4OC3C2)c(F)c1F. The molecule has 1 heterocycles. The molecule has 0 spiro atoms. The van der Waals surface area contributed by atoms with Gasteiger partial charge in [-0.05, 0) is 56.7 Å². The summed E-state index contributed by atoms with van der Waals surface area (Å²) in [6.07, 6.45) is 1.66. The molecule has 1 aliphatic heterocycles. The second kappa shape index (κ2) is 7.57. The van der Waals surface area contributed by atoms with Crippen LogP contribution in [0, 0.1) is 17.5 Å². The van der Waals surface area contributed by atoms with E-state index < -0.39 is 17.5 Å². The molecule has 0 N–H and O–H groups in total. The van der Waals surface area contributed by atoms with Crippen LogP contribution in [0.5, 0.6) is 17.2 Å². The maximum Gasteiger partial charge on any atom is 0.207 e. The molecule has 6 heteroatoms. The number of halogens is 3. The van der Waals surface area contributed by atoms with E-state index in [2.05, 4.69) is 0 Å². The van der Waals surface area contributed by atoms with Crippen molar-refractivity contribution in [1.82, 2.24) is 0 Å². The van der Waals surface area contributed by atoms with Gasteiger partial charge in [0.1, 0.15) is 6.10 Å². The van der Waals surface area contributed by atoms with Crippen molar-refractivity contribution in [2.75, 3.05) is 13.2 Å². The third kappa shape index (κ3) is 3.09. The van der Waals surface area contributed by atoms with Gasteiger partial charge in [-0.3, -0.25) is 0 Å². The fourth-order valence-electron chi connectivity index (χ4n) is 4.41. The van der Waals surface area contributed by atoms with E-state index in [1.54, 1.807) is 26.0 Å². The van der Waals surface area contributed by atoms with Crippen LogP contribution in [0.2, 0.25) is 0 Å². The average Bonchev–Trinajstić information content (AvgIpc) is 3.07. The zero-order valence-corrected chi connectivity index (χ0v) is 15.9. The Morgan fingerprint density at radius 2 is 1.50 bits per heavy atom. The third-order valence-corrected chi connectivity index (χ3v) is 5.67. The van der Waals surface area contributed by atoms with Crippen LogP contribution in [0.1, 0.15) is 56.1 Å². The Bertz CT molecular complexity index is 884. The summed E-state index contributed by atoms with van der Waals surface area (Å²) in [7, 11) is 0. The lowest BCUT2D eigenvalue weighted by atomic mass is 9.75. The lowest BCUT2D eigenvalue weighted by Crippen LogP contribution is -2.27. The first-order chi connectivity index (χ1) is 13.5. The molecule has 1 aliphatic carbocycles. The third-order valence-electron chi connectivity index (χ3n) is 5.67. The van der Waals surface area contributed by atoms with E-state index in [1.165, 1.54) is 6.07 Å². The van der Waals surface area contributed by atoms with E-state index in [-0.39, 0.29) is 41.8 Å². The van der Waals surface area contributed by atoms with Crippen LogP contribution in [-0.4, -0.2) is 19.3 Å². The lowest BCUT2D eigenvalue weighted by molar-refractivity contribution is 0.145. The van der Waals surface area contributed by atoms with E-state index in [0.29, 0.717) is 25.0 Å². The molecular weight excluding hydrogens is 369 g/mol. The van der Waals surface area contributed by atoms with Gasteiger partial charge < -0.3 is 14.2 Å². The average molecular weight is 392 g/mol. The monoisotopic (exact) mass is 392 g/mol. The molecule has 3 nitrogen and oxygen atoms in total. The highest BCUT2D eigenvalue weighted by Gasteiger charge is 2.42. The molecule has 3 unspecified atom stereocenters. The van der Waals surface area contributed by atoms with Crippen LogP contribution in [-0.2, 0) is 0 Å². The summed E-state index contributed by atoms with van der Waals surface area (Å²) in [6.45, 7) is 4.15. The number of benzene rings is 2. The Balaban J connectivity index is 1.57. The fourth-order valence-corrected chi connectivity index (χ4v) is 4.41. The van der Waals surface area contributed by atoms with Crippen molar-refractivity contribution >= 4 is 0 Å². The summed E-state index contributed by atoms with van der Waals surface area (Å²) in [6, 6.07) is 6.55.